The van der Waals surface area contributed by atoms with Crippen molar-refractivity contribution in [1.82, 2.24) is 0 Å². The zero-order chi connectivity index (χ0) is 10.4. The van der Waals surface area contributed by atoms with Gasteiger partial charge in [-0.2, -0.15) is 0 Å². The van der Waals surface area contributed by atoms with E-state index in [1.807, 2.05) is 0 Å². The number of methoxy groups -OCH3 is 1. The average Bonchev–Trinajstić information content (AvgIpc) is 1.82. The molecule has 12 heavy (non-hydrogen) atoms. The lowest BCUT2D eigenvalue weighted by Gasteiger charge is -2.29. The third-order valence-electron chi connectivity index (χ3n) is 1.43. The summed E-state index contributed by atoms with van der Waals surface area (Å²) in [4.78, 5) is 8.89. The second-order valence-corrected chi connectivity index (χ2v) is 3.44. The molecule has 0 saturated heterocycles. The van der Waals surface area contributed by atoms with E-state index in [1.54, 1.807) is 7.11 Å². The number of carbonyl (C=O) groups is 1. The van der Waals surface area contributed by atoms with Gasteiger partial charge in [-0.15, -0.1) is 0 Å². The molecule has 0 aliphatic carbocycles. The summed E-state index contributed by atoms with van der Waals surface area (Å²) in [5.41, 5.74) is 0. The number of nitrogens with zero attached hydrogens (tertiary/aromatic N) is 1. The number of quaternary nitrogens is 1. The third kappa shape index (κ3) is 12.1. The van der Waals surface area contributed by atoms with E-state index >= 15 is 0 Å². The Hall–Kier alpha value is -0.610. The molecule has 4 nitrogen and oxygen atoms in total. The molecule has 0 fully saturated rings. The number of ether oxygens (including phenoxy) is 1. The van der Waals surface area contributed by atoms with E-state index < -0.39 is 5.97 Å². The normalized spacial score (nSPS) is 12.8. The fourth-order valence-corrected chi connectivity index (χ4v) is 0.316. The third-order valence-corrected chi connectivity index (χ3v) is 1.43. The van der Waals surface area contributed by atoms with Gasteiger partial charge in [0.15, 0.2) is 6.23 Å². The predicted molar refractivity (Wildman–Crippen MR) is 45.2 cm³/mol. The number of carboxylic acids is 1. The van der Waals surface area contributed by atoms with E-state index in [0.29, 0.717) is 0 Å². The van der Waals surface area contributed by atoms with Gasteiger partial charge in [-0.05, 0) is 6.92 Å². The van der Waals surface area contributed by atoms with Crippen molar-refractivity contribution in [2.45, 2.75) is 20.1 Å². The molecule has 0 spiro atoms. The molecule has 0 bridgehead atoms. The number of rotatable bonds is 2. The van der Waals surface area contributed by atoms with Gasteiger partial charge in [-0.25, -0.2) is 0 Å². The Bertz CT molecular complexity index is 125. The van der Waals surface area contributed by atoms with Crippen molar-refractivity contribution in [1.29, 1.82) is 0 Å². The van der Waals surface area contributed by atoms with Gasteiger partial charge in [0.05, 0.1) is 21.1 Å². The number of carbonyl (C=O) groups excluding carboxylic acids is 1. The van der Waals surface area contributed by atoms with E-state index in [1.165, 1.54) is 0 Å². The van der Waals surface area contributed by atoms with Crippen LogP contribution in [-0.2, 0) is 9.53 Å². The Morgan fingerprint density at radius 2 is 1.67 bits per heavy atom. The van der Waals surface area contributed by atoms with E-state index in [4.69, 9.17) is 14.6 Å². The standard InChI is InChI=1S/C6H16NO.C2H4O2/c1-6(8-5)7(2,3)4;1-2(3)4/h6H,1-5H3;1H3,(H,3,4)/q+1;/p-1. The second kappa shape index (κ2) is 5.97. The second-order valence-electron chi connectivity index (χ2n) is 3.44. The molecule has 74 valence electrons. The zero-order valence-electron chi connectivity index (χ0n) is 8.75. The summed E-state index contributed by atoms with van der Waals surface area (Å²) in [5, 5.41) is 8.89. The minimum Gasteiger partial charge on any atom is -0.550 e. The highest BCUT2D eigenvalue weighted by atomic mass is 16.5. The molecule has 0 aromatic rings. The summed E-state index contributed by atoms with van der Waals surface area (Å²) in [6.45, 7) is 3.03. The molecule has 0 saturated carbocycles. The quantitative estimate of drug-likeness (QED) is 0.420. The van der Waals surface area contributed by atoms with Gasteiger partial charge in [-0.3, -0.25) is 0 Å². The molecule has 0 heterocycles. The highest BCUT2D eigenvalue weighted by molar-refractivity contribution is 5.60. The molecule has 0 rings (SSSR count). The van der Waals surface area contributed by atoms with Gasteiger partial charge >= 0.3 is 0 Å². The Morgan fingerprint density at radius 1 is 1.42 bits per heavy atom. The van der Waals surface area contributed by atoms with Crippen LogP contribution in [0.3, 0.4) is 0 Å². The monoisotopic (exact) mass is 177 g/mol. The highest BCUT2D eigenvalue weighted by Gasteiger charge is 2.15. The maximum atomic E-state index is 8.89. The summed E-state index contributed by atoms with van der Waals surface area (Å²) in [6, 6.07) is 0. The predicted octanol–water partition coefficient (Wildman–Crippen LogP) is -0.559. The number of carboxylic acid groups (broad SMARTS) is 1. The van der Waals surface area contributed by atoms with Crippen LogP contribution in [-0.4, -0.2) is 44.9 Å². The van der Waals surface area contributed by atoms with Gasteiger partial charge in [-0.1, -0.05) is 0 Å². The van der Waals surface area contributed by atoms with Crippen molar-refractivity contribution < 1.29 is 19.1 Å². The lowest BCUT2D eigenvalue weighted by Crippen LogP contribution is -2.44. The van der Waals surface area contributed by atoms with Crippen LogP contribution in [0.25, 0.3) is 0 Å². The first-order valence-corrected chi connectivity index (χ1v) is 3.73. The van der Waals surface area contributed by atoms with Gasteiger partial charge in [0, 0.05) is 20.0 Å². The Morgan fingerprint density at radius 3 is 1.67 bits per heavy atom. The molecular weight excluding hydrogens is 158 g/mol. The number of hydrogen-bond donors (Lipinski definition) is 0. The first-order valence-electron chi connectivity index (χ1n) is 3.73. The van der Waals surface area contributed by atoms with Crippen LogP contribution in [0.5, 0.6) is 0 Å². The van der Waals surface area contributed by atoms with E-state index in [-0.39, 0.29) is 6.23 Å². The van der Waals surface area contributed by atoms with Crippen LogP contribution in [0.15, 0.2) is 0 Å². The molecular formula is C8H19NO3. The Labute approximate surface area is 74.3 Å². The zero-order valence-corrected chi connectivity index (χ0v) is 8.75. The topological polar surface area (TPSA) is 49.4 Å². The molecule has 0 aromatic carbocycles. The smallest absolute Gasteiger partial charge is 0.189 e. The van der Waals surface area contributed by atoms with Crippen molar-refractivity contribution in [3.8, 4) is 0 Å². The molecule has 1 atom stereocenters. The Balaban J connectivity index is 0. The Kier molecular flexibility index (Phi) is 6.94. The minimum atomic E-state index is -1.08. The van der Waals surface area contributed by atoms with Crippen LogP contribution in [0.1, 0.15) is 13.8 Å². The summed E-state index contributed by atoms with van der Waals surface area (Å²) in [5.74, 6) is -1.08. The van der Waals surface area contributed by atoms with Crippen molar-refractivity contribution in [3.05, 3.63) is 0 Å². The van der Waals surface area contributed by atoms with Gasteiger partial charge in [0.1, 0.15) is 0 Å². The van der Waals surface area contributed by atoms with Gasteiger partial charge in [0.25, 0.3) is 0 Å². The van der Waals surface area contributed by atoms with Crippen molar-refractivity contribution in [2.75, 3.05) is 28.3 Å². The van der Waals surface area contributed by atoms with Gasteiger partial charge < -0.3 is 19.1 Å². The van der Waals surface area contributed by atoms with Crippen LogP contribution < -0.4 is 5.11 Å². The first-order chi connectivity index (χ1) is 5.21. The molecule has 0 amide bonds. The molecule has 0 aromatic heterocycles. The van der Waals surface area contributed by atoms with Crippen LogP contribution in [0, 0.1) is 0 Å². The molecule has 4 heteroatoms. The first kappa shape index (κ1) is 13.9. The number of aliphatic carboxylic acids is 1. The average molecular weight is 177 g/mol. The van der Waals surface area contributed by atoms with Crippen LogP contribution >= 0.6 is 0 Å². The summed E-state index contributed by atoms with van der Waals surface area (Å²) >= 11 is 0. The molecule has 1 unspecified atom stereocenters. The van der Waals surface area contributed by atoms with Crippen LogP contribution in [0.2, 0.25) is 0 Å². The van der Waals surface area contributed by atoms with E-state index in [2.05, 4.69) is 28.1 Å². The van der Waals surface area contributed by atoms with Crippen molar-refractivity contribution in [2.24, 2.45) is 0 Å². The fourth-order valence-electron chi connectivity index (χ4n) is 0.316. The van der Waals surface area contributed by atoms with E-state index in [0.717, 1.165) is 11.4 Å². The maximum Gasteiger partial charge on any atom is 0.189 e. The van der Waals surface area contributed by atoms with Gasteiger partial charge in [0.2, 0.25) is 0 Å². The highest BCUT2D eigenvalue weighted by Crippen LogP contribution is 2.00. The SMILES string of the molecule is CC(=O)[O-].COC(C)[N+](C)(C)C. The lowest BCUT2D eigenvalue weighted by molar-refractivity contribution is -0.916. The van der Waals surface area contributed by atoms with Crippen molar-refractivity contribution in [3.63, 3.8) is 0 Å². The maximum absolute atomic E-state index is 8.89. The molecule has 0 N–H and O–H groups in total. The van der Waals surface area contributed by atoms with E-state index in [9.17, 15) is 0 Å². The summed E-state index contributed by atoms with van der Waals surface area (Å²) < 4.78 is 5.94. The lowest BCUT2D eigenvalue weighted by atomic mass is 10.5. The largest absolute Gasteiger partial charge is 0.550 e. The molecule has 0 aliphatic rings. The summed E-state index contributed by atoms with van der Waals surface area (Å²) in [6.07, 6.45) is 0.287. The molecule has 0 radical (unpaired) electrons. The fraction of sp³-hybridized carbons (Fsp3) is 0.875. The van der Waals surface area contributed by atoms with Crippen molar-refractivity contribution >= 4 is 5.97 Å². The minimum absolute atomic E-state index is 0.287. The molecule has 0 aliphatic heterocycles. The van der Waals surface area contributed by atoms with Crippen LogP contribution in [0.4, 0.5) is 0 Å². The summed E-state index contributed by atoms with van der Waals surface area (Å²) in [7, 11) is 8.05. The number of hydrogen-bond acceptors (Lipinski definition) is 3.